The first-order valence-corrected chi connectivity index (χ1v) is 8.05. The van der Waals surface area contributed by atoms with E-state index < -0.39 is 5.97 Å². The maximum Gasteiger partial charge on any atom is 0.328 e. The van der Waals surface area contributed by atoms with Gasteiger partial charge in [-0.1, -0.05) is 0 Å². The van der Waals surface area contributed by atoms with Crippen LogP contribution in [0.5, 0.6) is 0 Å². The summed E-state index contributed by atoms with van der Waals surface area (Å²) in [5, 5.41) is 13.5. The number of rotatable bonds is 5. The number of carbonyl (C=O) groups is 2. The van der Waals surface area contributed by atoms with E-state index in [1.54, 1.807) is 6.07 Å². The summed E-state index contributed by atoms with van der Waals surface area (Å²) in [5.41, 5.74) is 0.664. The number of likely N-dealkylation sites (tertiary alicyclic amines) is 1. The van der Waals surface area contributed by atoms with Gasteiger partial charge in [-0.15, -0.1) is 11.3 Å². The minimum Gasteiger partial charge on any atom is -0.478 e. The molecule has 21 heavy (non-hydrogen) atoms. The number of aliphatic carboxylic acids is 1. The third kappa shape index (κ3) is 3.51. The fourth-order valence-corrected chi connectivity index (χ4v) is 3.51. The zero-order valence-electron chi connectivity index (χ0n) is 11.6. The zero-order valence-corrected chi connectivity index (χ0v) is 12.4. The summed E-state index contributed by atoms with van der Waals surface area (Å²) < 4.78 is 0. The Morgan fingerprint density at radius 2 is 2.19 bits per heavy atom. The molecule has 5 nitrogen and oxygen atoms in total. The van der Waals surface area contributed by atoms with Gasteiger partial charge in [0, 0.05) is 31.2 Å². The van der Waals surface area contributed by atoms with Crippen molar-refractivity contribution in [2.45, 2.75) is 31.3 Å². The second-order valence-corrected chi connectivity index (χ2v) is 6.48. The van der Waals surface area contributed by atoms with Gasteiger partial charge in [0.15, 0.2) is 0 Å². The Kier molecular flexibility index (Phi) is 4.07. The molecule has 3 rings (SSSR count). The van der Waals surface area contributed by atoms with Gasteiger partial charge in [-0.05, 0) is 42.3 Å². The fraction of sp³-hybridized carbons (Fsp3) is 0.467. The van der Waals surface area contributed by atoms with Gasteiger partial charge >= 0.3 is 5.97 Å². The smallest absolute Gasteiger partial charge is 0.328 e. The molecule has 1 aliphatic carbocycles. The van der Waals surface area contributed by atoms with Crippen LogP contribution in [0.15, 0.2) is 17.5 Å². The van der Waals surface area contributed by atoms with Gasteiger partial charge in [0.05, 0.1) is 4.88 Å². The standard InChI is InChI=1S/C15H18N2O3S/c18-13(19)4-1-10-6-8-21-14(10)15(20)16-11-5-7-17(9-11)12-2-3-12/h1,4,6,8,11-12H,2-3,5,7,9H2,(H,16,20)(H,18,19). The van der Waals surface area contributed by atoms with Crippen LogP contribution in [-0.2, 0) is 4.79 Å². The molecule has 1 aromatic rings. The van der Waals surface area contributed by atoms with E-state index in [1.165, 1.54) is 30.3 Å². The second kappa shape index (κ2) is 5.99. The Hall–Kier alpha value is -1.66. The van der Waals surface area contributed by atoms with Gasteiger partial charge in [-0.2, -0.15) is 0 Å². The quantitative estimate of drug-likeness (QED) is 0.814. The maximum absolute atomic E-state index is 12.3. The lowest BCUT2D eigenvalue weighted by Crippen LogP contribution is -2.37. The fourth-order valence-electron chi connectivity index (χ4n) is 2.72. The minimum atomic E-state index is -1.01. The average Bonchev–Trinajstić information content (AvgIpc) is 3.00. The van der Waals surface area contributed by atoms with Crippen LogP contribution in [0, 0.1) is 0 Å². The molecule has 2 aliphatic rings. The highest BCUT2D eigenvalue weighted by molar-refractivity contribution is 7.12. The van der Waals surface area contributed by atoms with E-state index in [9.17, 15) is 9.59 Å². The Balaban J connectivity index is 1.60. The summed E-state index contributed by atoms with van der Waals surface area (Å²) in [7, 11) is 0. The van der Waals surface area contributed by atoms with Crippen molar-refractivity contribution in [3.63, 3.8) is 0 Å². The van der Waals surface area contributed by atoms with Gasteiger partial charge in [-0.25, -0.2) is 4.79 Å². The third-order valence-corrected chi connectivity index (χ3v) is 4.85. The molecule has 1 saturated heterocycles. The molecule has 1 amide bonds. The van der Waals surface area contributed by atoms with Crippen LogP contribution in [0.4, 0.5) is 0 Å². The van der Waals surface area contributed by atoms with Crippen LogP contribution in [0.3, 0.4) is 0 Å². The minimum absolute atomic E-state index is 0.0994. The van der Waals surface area contributed by atoms with Gasteiger partial charge in [-0.3, -0.25) is 9.69 Å². The van der Waals surface area contributed by atoms with Gasteiger partial charge in [0.1, 0.15) is 0 Å². The summed E-state index contributed by atoms with van der Waals surface area (Å²) in [6, 6.07) is 2.71. The summed E-state index contributed by atoms with van der Waals surface area (Å²) in [5.74, 6) is -1.11. The van der Waals surface area contributed by atoms with Gasteiger partial charge in [0.2, 0.25) is 0 Å². The normalized spacial score (nSPS) is 22.8. The Morgan fingerprint density at radius 1 is 1.38 bits per heavy atom. The Morgan fingerprint density at radius 3 is 2.90 bits per heavy atom. The van der Waals surface area contributed by atoms with Crippen molar-refractivity contribution in [1.82, 2.24) is 10.2 Å². The molecule has 1 aromatic heterocycles. The van der Waals surface area contributed by atoms with E-state index in [1.807, 2.05) is 5.38 Å². The number of carbonyl (C=O) groups excluding carboxylic acids is 1. The first-order valence-electron chi connectivity index (χ1n) is 7.17. The monoisotopic (exact) mass is 306 g/mol. The second-order valence-electron chi connectivity index (χ2n) is 5.56. The first-order chi connectivity index (χ1) is 10.1. The van der Waals surface area contributed by atoms with Crippen LogP contribution < -0.4 is 5.32 Å². The predicted molar refractivity (Wildman–Crippen MR) is 81.5 cm³/mol. The van der Waals surface area contributed by atoms with E-state index in [0.717, 1.165) is 31.6 Å². The van der Waals surface area contributed by atoms with Crippen molar-refractivity contribution in [3.8, 4) is 0 Å². The molecule has 1 unspecified atom stereocenters. The van der Waals surface area contributed by atoms with Crippen LogP contribution in [0.2, 0.25) is 0 Å². The molecule has 0 radical (unpaired) electrons. The number of nitrogens with zero attached hydrogens (tertiary/aromatic N) is 1. The highest BCUT2D eigenvalue weighted by Crippen LogP contribution is 2.30. The lowest BCUT2D eigenvalue weighted by Gasteiger charge is -2.15. The summed E-state index contributed by atoms with van der Waals surface area (Å²) in [4.78, 5) is 25.9. The number of hydrogen-bond acceptors (Lipinski definition) is 4. The number of nitrogens with one attached hydrogen (secondary N) is 1. The van der Waals surface area contributed by atoms with Crippen molar-refractivity contribution >= 4 is 29.3 Å². The summed E-state index contributed by atoms with van der Waals surface area (Å²) in [6.45, 7) is 1.99. The topological polar surface area (TPSA) is 69.6 Å². The van der Waals surface area contributed by atoms with E-state index in [-0.39, 0.29) is 11.9 Å². The molecule has 0 spiro atoms. The maximum atomic E-state index is 12.3. The Bertz CT molecular complexity index is 577. The molecule has 0 aromatic carbocycles. The van der Waals surface area contributed by atoms with E-state index in [4.69, 9.17) is 5.11 Å². The van der Waals surface area contributed by atoms with Crippen LogP contribution in [0.25, 0.3) is 6.08 Å². The van der Waals surface area contributed by atoms with Crippen LogP contribution >= 0.6 is 11.3 Å². The molecule has 1 aliphatic heterocycles. The van der Waals surface area contributed by atoms with Crippen molar-refractivity contribution in [2.75, 3.05) is 13.1 Å². The predicted octanol–water partition coefficient (Wildman–Crippen LogP) is 1.81. The molecule has 2 fully saturated rings. The zero-order chi connectivity index (χ0) is 14.8. The number of carboxylic acid groups (broad SMARTS) is 1. The number of thiophene rings is 1. The van der Waals surface area contributed by atoms with Gasteiger partial charge in [0.25, 0.3) is 5.91 Å². The average molecular weight is 306 g/mol. The van der Waals surface area contributed by atoms with Crippen LogP contribution in [-0.4, -0.2) is 47.1 Å². The van der Waals surface area contributed by atoms with E-state index in [2.05, 4.69) is 10.2 Å². The number of carboxylic acids is 1. The highest BCUT2D eigenvalue weighted by Gasteiger charge is 2.35. The summed E-state index contributed by atoms with van der Waals surface area (Å²) >= 11 is 1.34. The van der Waals surface area contributed by atoms with Crippen molar-refractivity contribution < 1.29 is 14.7 Å². The van der Waals surface area contributed by atoms with Crippen molar-refractivity contribution in [2.24, 2.45) is 0 Å². The van der Waals surface area contributed by atoms with Crippen LogP contribution in [0.1, 0.15) is 34.5 Å². The lowest BCUT2D eigenvalue weighted by atomic mass is 10.2. The molecule has 2 heterocycles. The molecule has 1 saturated carbocycles. The molecule has 0 bridgehead atoms. The summed E-state index contributed by atoms with van der Waals surface area (Å²) in [6.07, 6.45) is 6.10. The van der Waals surface area contributed by atoms with E-state index >= 15 is 0 Å². The SMILES string of the molecule is O=C(O)C=Cc1ccsc1C(=O)NC1CCN(C2CC2)C1. The largest absolute Gasteiger partial charge is 0.478 e. The van der Waals surface area contributed by atoms with E-state index in [0.29, 0.717) is 10.4 Å². The lowest BCUT2D eigenvalue weighted by molar-refractivity contribution is -0.131. The third-order valence-electron chi connectivity index (χ3n) is 3.93. The molecule has 6 heteroatoms. The molecule has 2 N–H and O–H groups in total. The van der Waals surface area contributed by atoms with Crippen molar-refractivity contribution in [3.05, 3.63) is 28.0 Å². The number of amides is 1. The molecular formula is C15H18N2O3S. The Labute approximate surface area is 127 Å². The van der Waals surface area contributed by atoms with Crippen molar-refractivity contribution in [1.29, 1.82) is 0 Å². The number of hydrogen-bond donors (Lipinski definition) is 2. The molecular weight excluding hydrogens is 288 g/mol. The molecule has 1 atom stereocenters. The molecule has 112 valence electrons. The highest BCUT2D eigenvalue weighted by atomic mass is 32.1. The first kappa shape index (κ1) is 14.3. The van der Waals surface area contributed by atoms with Gasteiger partial charge < -0.3 is 10.4 Å².